The normalized spacial score (nSPS) is 11.4. The lowest BCUT2D eigenvalue weighted by molar-refractivity contribution is 0.331. The third-order valence-corrected chi connectivity index (χ3v) is 2.92. The van der Waals surface area contributed by atoms with Gasteiger partial charge in [-0.05, 0) is 0 Å². The molecule has 17 heavy (non-hydrogen) atoms. The zero-order valence-electron chi connectivity index (χ0n) is 8.96. The van der Waals surface area contributed by atoms with E-state index in [2.05, 4.69) is 4.74 Å². The molecule has 0 radical (unpaired) electrons. The molecule has 0 spiro atoms. The SMILES string of the molecule is COc1c(F)cc(F)c(CS(=O)(=O)Cl)c1OC. The van der Waals surface area contributed by atoms with Gasteiger partial charge in [-0.2, -0.15) is 0 Å². The Labute approximate surface area is 102 Å². The summed E-state index contributed by atoms with van der Waals surface area (Å²) in [6, 6.07) is 0.513. The predicted molar refractivity (Wildman–Crippen MR) is 57.9 cm³/mol. The maximum absolute atomic E-state index is 13.4. The van der Waals surface area contributed by atoms with Gasteiger partial charge in [0.15, 0.2) is 17.3 Å². The van der Waals surface area contributed by atoms with E-state index in [4.69, 9.17) is 15.4 Å². The summed E-state index contributed by atoms with van der Waals surface area (Å²) in [4.78, 5) is 0. The number of ether oxygens (including phenoxy) is 2. The molecule has 0 amide bonds. The van der Waals surface area contributed by atoms with Gasteiger partial charge in [0.1, 0.15) is 5.82 Å². The molecular formula is C9H9ClF2O4S. The summed E-state index contributed by atoms with van der Waals surface area (Å²) in [6.07, 6.45) is 0. The van der Waals surface area contributed by atoms with Crippen molar-refractivity contribution in [3.63, 3.8) is 0 Å². The van der Waals surface area contributed by atoms with E-state index in [1.807, 2.05) is 0 Å². The lowest BCUT2D eigenvalue weighted by atomic mass is 10.2. The molecule has 0 aromatic heterocycles. The summed E-state index contributed by atoms with van der Waals surface area (Å²) in [5, 5.41) is 0. The Morgan fingerprint density at radius 2 is 1.71 bits per heavy atom. The van der Waals surface area contributed by atoms with E-state index < -0.39 is 26.4 Å². The molecular weight excluding hydrogens is 278 g/mol. The van der Waals surface area contributed by atoms with Crippen molar-refractivity contribution >= 4 is 19.7 Å². The van der Waals surface area contributed by atoms with E-state index in [1.165, 1.54) is 0 Å². The largest absolute Gasteiger partial charge is 0.492 e. The van der Waals surface area contributed by atoms with Crippen LogP contribution < -0.4 is 9.47 Å². The quantitative estimate of drug-likeness (QED) is 0.795. The number of benzene rings is 1. The summed E-state index contributed by atoms with van der Waals surface area (Å²) >= 11 is 0. The summed E-state index contributed by atoms with van der Waals surface area (Å²) < 4.78 is 58.0. The summed E-state index contributed by atoms with van der Waals surface area (Å²) in [5.74, 6) is -3.57. The Hall–Kier alpha value is -1.08. The van der Waals surface area contributed by atoms with E-state index in [9.17, 15) is 17.2 Å². The highest BCUT2D eigenvalue weighted by atomic mass is 35.7. The fourth-order valence-electron chi connectivity index (χ4n) is 1.33. The van der Waals surface area contributed by atoms with Crippen LogP contribution in [0.3, 0.4) is 0 Å². The third-order valence-electron chi connectivity index (χ3n) is 1.96. The summed E-state index contributed by atoms with van der Waals surface area (Å²) in [7, 11) is 3.31. The average Bonchev–Trinajstić information content (AvgIpc) is 2.19. The predicted octanol–water partition coefficient (Wildman–Crippen LogP) is 2.05. The lowest BCUT2D eigenvalue weighted by Crippen LogP contribution is -2.05. The Morgan fingerprint density at radius 1 is 1.18 bits per heavy atom. The summed E-state index contributed by atoms with van der Waals surface area (Å²) in [6.45, 7) is 0. The van der Waals surface area contributed by atoms with Crippen molar-refractivity contribution in [1.82, 2.24) is 0 Å². The van der Waals surface area contributed by atoms with Gasteiger partial charge >= 0.3 is 0 Å². The molecule has 0 saturated heterocycles. The standard InChI is InChI=1S/C9H9ClF2O4S/c1-15-8-5(4-17(10,13)14)6(11)3-7(12)9(8)16-2/h3H,4H2,1-2H3. The van der Waals surface area contributed by atoms with Crippen molar-refractivity contribution in [3.8, 4) is 11.5 Å². The van der Waals surface area contributed by atoms with E-state index in [1.54, 1.807) is 0 Å². The van der Waals surface area contributed by atoms with Crippen LogP contribution in [0, 0.1) is 11.6 Å². The fourth-order valence-corrected chi connectivity index (χ4v) is 2.27. The Kier molecular flexibility index (Phi) is 4.16. The van der Waals surface area contributed by atoms with E-state index in [0.29, 0.717) is 6.07 Å². The van der Waals surface area contributed by atoms with Gasteiger partial charge in [-0.1, -0.05) is 0 Å². The smallest absolute Gasteiger partial charge is 0.237 e. The second-order valence-corrected chi connectivity index (χ2v) is 5.85. The molecule has 1 rings (SSSR count). The van der Waals surface area contributed by atoms with E-state index >= 15 is 0 Å². The molecule has 96 valence electrons. The number of halogens is 3. The van der Waals surface area contributed by atoms with Crippen LogP contribution in [-0.2, 0) is 14.8 Å². The van der Waals surface area contributed by atoms with Crippen LogP contribution in [0.15, 0.2) is 6.07 Å². The van der Waals surface area contributed by atoms with Crippen molar-refractivity contribution < 1.29 is 26.7 Å². The maximum atomic E-state index is 13.4. The highest BCUT2D eigenvalue weighted by molar-refractivity contribution is 8.13. The van der Waals surface area contributed by atoms with Gasteiger partial charge in [-0.15, -0.1) is 0 Å². The minimum Gasteiger partial charge on any atom is -0.492 e. The monoisotopic (exact) mass is 286 g/mol. The molecule has 0 saturated carbocycles. The first-order chi connectivity index (χ1) is 7.80. The van der Waals surface area contributed by atoms with Crippen LogP contribution >= 0.6 is 10.7 Å². The van der Waals surface area contributed by atoms with Gasteiger partial charge in [0.2, 0.25) is 9.05 Å². The molecule has 0 atom stereocenters. The zero-order chi connectivity index (χ0) is 13.2. The van der Waals surface area contributed by atoms with Crippen LogP contribution in [0.5, 0.6) is 11.5 Å². The maximum Gasteiger partial charge on any atom is 0.237 e. The molecule has 4 nitrogen and oxygen atoms in total. The average molecular weight is 287 g/mol. The fraction of sp³-hybridized carbons (Fsp3) is 0.333. The number of rotatable bonds is 4. The van der Waals surface area contributed by atoms with Gasteiger partial charge in [-0.25, -0.2) is 17.2 Å². The molecule has 0 aliphatic heterocycles. The molecule has 0 heterocycles. The first-order valence-electron chi connectivity index (χ1n) is 4.31. The molecule has 1 aromatic rings. The number of methoxy groups -OCH3 is 2. The minimum absolute atomic E-state index is 0.325. The van der Waals surface area contributed by atoms with Crippen molar-refractivity contribution in [1.29, 1.82) is 0 Å². The van der Waals surface area contributed by atoms with Gasteiger partial charge in [0.05, 0.1) is 25.5 Å². The van der Waals surface area contributed by atoms with Crippen LogP contribution in [0.1, 0.15) is 5.56 Å². The Bertz CT molecular complexity index is 530. The first kappa shape index (κ1) is 14.0. The molecule has 0 unspecified atom stereocenters. The minimum atomic E-state index is -4.00. The van der Waals surface area contributed by atoms with Crippen LogP contribution in [0.25, 0.3) is 0 Å². The van der Waals surface area contributed by atoms with Crippen LogP contribution in [0.2, 0.25) is 0 Å². The highest BCUT2D eigenvalue weighted by Gasteiger charge is 2.23. The van der Waals surface area contributed by atoms with Crippen LogP contribution in [0.4, 0.5) is 8.78 Å². The van der Waals surface area contributed by atoms with Crippen molar-refractivity contribution in [2.75, 3.05) is 14.2 Å². The molecule has 8 heteroatoms. The van der Waals surface area contributed by atoms with Crippen molar-refractivity contribution in [2.45, 2.75) is 5.75 Å². The topological polar surface area (TPSA) is 52.6 Å². The van der Waals surface area contributed by atoms with Crippen LogP contribution in [-0.4, -0.2) is 22.6 Å². The molecule has 0 bridgehead atoms. The zero-order valence-corrected chi connectivity index (χ0v) is 10.5. The van der Waals surface area contributed by atoms with E-state index in [-0.39, 0.29) is 17.1 Å². The van der Waals surface area contributed by atoms with Crippen molar-refractivity contribution in [3.05, 3.63) is 23.3 Å². The van der Waals surface area contributed by atoms with Gasteiger partial charge in [0, 0.05) is 16.7 Å². The number of hydrogen-bond acceptors (Lipinski definition) is 4. The molecule has 0 fully saturated rings. The summed E-state index contributed by atoms with van der Waals surface area (Å²) in [5.41, 5.74) is -0.374. The molecule has 0 aliphatic carbocycles. The molecule has 1 aromatic carbocycles. The molecule has 0 N–H and O–H groups in total. The molecule has 0 aliphatic rings. The first-order valence-corrected chi connectivity index (χ1v) is 6.79. The van der Waals surface area contributed by atoms with Crippen molar-refractivity contribution in [2.24, 2.45) is 0 Å². The second kappa shape index (κ2) is 5.05. The Morgan fingerprint density at radius 3 is 2.12 bits per heavy atom. The Balaban J connectivity index is 3.47. The second-order valence-electron chi connectivity index (χ2n) is 3.07. The number of hydrogen-bond donors (Lipinski definition) is 0. The van der Waals surface area contributed by atoms with E-state index in [0.717, 1.165) is 14.2 Å². The third kappa shape index (κ3) is 3.19. The highest BCUT2D eigenvalue weighted by Crippen LogP contribution is 2.36. The lowest BCUT2D eigenvalue weighted by Gasteiger charge is -2.13. The van der Waals surface area contributed by atoms with Gasteiger partial charge in [-0.3, -0.25) is 0 Å². The van der Waals surface area contributed by atoms with Gasteiger partial charge in [0.25, 0.3) is 0 Å². The van der Waals surface area contributed by atoms with Gasteiger partial charge < -0.3 is 9.47 Å².